The smallest absolute Gasteiger partial charge is 0.0308 e. The lowest BCUT2D eigenvalue weighted by molar-refractivity contribution is 0.130. The standard InChI is InChI=1S/C17H33N3/c1-3-19-11-7-15(8-12-19)13-20-10-4-9-18-17(2,14-20)16-5-6-16/h15-16,18H,3-14H2,1-2H3. The van der Waals surface area contributed by atoms with Crippen molar-refractivity contribution >= 4 is 0 Å². The van der Waals surface area contributed by atoms with Crippen molar-refractivity contribution in [3.63, 3.8) is 0 Å². The summed E-state index contributed by atoms with van der Waals surface area (Å²) in [6.45, 7) is 13.8. The van der Waals surface area contributed by atoms with Gasteiger partial charge in [0.1, 0.15) is 0 Å². The van der Waals surface area contributed by atoms with Crippen molar-refractivity contribution in [1.82, 2.24) is 15.1 Å². The average molecular weight is 279 g/mol. The second-order valence-corrected chi connectivity index (χ2v) is 7.58. The van der Waals surface area contributed by atoms with Crippen LogP contribution >= 0.6 is 0 Å². The lowest BCUT2D eigenvalue weighted by atomic mass is 9.93. The first-order valence-corrected chi connectivity index (χ1v) is 8.89. The topological polar surface area (TPSA) is 18.5 Å². The van der Waals surface area contributed by atoms with Crippen molar-refractivity contribution < 1.29 is 0 Å². The summed E-state index contributed by atoms with van der Waals surface area (Å²) in [6, 6.07) is 0. The van der Waals surface area contributed by atoms with Gasteiger partial charge in [0.25, 0.3) is 0 Å². The number of nitrogens with one attached hydrogen (secondary N) is 1. The van der Waals surface area contributed by atoms with Crippen molar-refractivity contribution in [1.29, 1.82) is 0 Å². The molecule has 3 fully saturated rings. The molecule has 0 amide bonds. The summed E-state index contributed by atoms with van der Waals surface area (Å²) in [4.78, 5) is 5.39. The van der Waals surface area contributed by atoms with Crippen molar-refractivity contribution in [2.75, 3.05) is 45.8 Å². The van der Waals surface area contributed by atoms with Gasteiger partial charge in [-0.05, 0) is 83.6 Å². The molecule has 2 saturated heterocycles. The van der Waals surface area contributed by atoms with E-state index < -0.39 is 0 Å². The predicted octanol–water partition coefficient (Wildman–Crippen LogP) is 2.18. The van der Waals surface area contributed by atoms with Crippen LogP contribution in [0.5, 0.6) is 0 Å². The summed E-state index contributed by atoms with van der Waals surface area (Å²) in [6.07, 6.45) is 7.06. The van der Waals surface area contributed by atoms with E-state index in [9.17, 15) is 0 Å². The Kier molecular flexibility index (Phi) is 4.68. The van der Waals surface area contributed by atoms with Crippen molar-refractivity contribution in [2.45, 2.75) is 51.5 Å². The summed E-state index contributed by atoms with van der Waals surface area (Å²) in [5, 5.41) is 3.85. The maximum Gasteiger partial charge on any atom is 0.0308 e. The van der Waals surface area contributed by atoms with Crippen LogP contribution in [0.4, 0.5) is 0 Å². The molecule has 3 rings (SSSR count). The van der Waals surface area contributed by atoms with Gasteiger partial charge < -0.3 is 15.1 Å². The van der Waals surface area contributed by atoms with E-state index in [0.29, 0.717) is 5.54 Å². The third-order valence-electron chi connectivity index (χ3n) is 5.88. The monoisotopic (exact) mass is 279 g/mol. The fourth-order valence-electron chi connectivity index (χ4n) is 4.28. The fraction of sp³-hybridized carbons (Fsp3) is 1.00. The fourth-order valence-corrected chi connectivity index (χ4v) is 4.28. The van der Waals surface area contributed by atoms with E-state index in [-0.39, 0.29) is 0 Å². The number of nitrogens with zero attached hydrogens (tertiary/aromatic N) is 2. The normalized spacial score (nSPS) is 35.1. The van der Waals surface area contributed by atoms with Gasteiger partial charge in [-0.25, -0.2) is 0 Å². The molecule has 116 valence electrons. The zero-order valence-corrected chi connectivity index (χ0v) is 13.5. The molecular formula is C17H33N3. The molecule has 1 aliphatic carbocycles. The van der Waals surface area contributed by atoms with Crippen LogP contribution < -0.4 is 5.32 Å². The molecule has 3 nitrogen and oxygen atoms in total. The lowest BCUT2D eigenvalue weighted by Gasteiger charge is -2.37. The Labute approximate surface area is 125 Å². The van der Waals surface area contributed by atoms with Crippen LogP contribution in [-0.4, -0.2) is 61.2 Å². The maximum absolute atomic E-state index is 3.85. The van der Waals surface area contributed by atoms with Crippen LogP contribution in [0.2, 0.25) is 0 Å². The molecule has 0 aromatic heterocycles. The van der Waals surface area contributed by atoms with E-state index in [1.54, 1.807) is 0 Å². The highest BCUT2D eigenvalue weighted by molar-refractivity contribution is 5.01. The molecule has 3 heteroatoms. The molecule has 1 atom stereocenters. The molecule has 3 aliphatic rings. The highest BCUT2D eigenvalue weighted by Gasteiger charge is 2.43. The highest BCUT2D eigenvalue weighted by atomic mass is 15.2. The molecule has 1 unspecified atom stereocenters. The Bertz CT molecular complexity index is 307. The van der Waals surface area contributed by atoms with Crippen LogP contribution in [0.3, 0.4) is 0 Å². The van der Waals surface area contributed by atoms with E-state index in [1.165, 1.54) is 77.9 Å². The van der Waals surface area contributed by atoms with E-state index in [1.807, 2.05) is 0 Å². The van der Waals surface area contributed by atoms with Crippen molar-refractivity contribution in [3.8, 4) is 0 Å². The third kappa shape index (κ3) is 3.55. The van der Waals surface area contributed by atoms with Crippen LogP contribution in [0.1, 0.15) is 46.0 Å². The molecule has 1 saturated carbocycles. The van der Waals surface area contributed by atoms with Crippen molar-refractivity contribution in [2.24, 2.45) is 11.8 Å². The molecule has 1 N–H and O–H groups in total. The molecule has 0 aromatic rings. The average Bonchev–Trinajstić information content (AvgIpc) is 3.28. The molecule has 2 heterocycles. The molecular weight excluding hydrogens is 246 g/mol. The van der Waals surface area contributed by atoms with Gasteiger partial charge in [0.05, 0.1) is 0 Å². The summed E-state index contributed by atoms with van der Waals surface area (Å²) < 4.78 is 0. The van der Waals surface area contributed by atoms with Gasteiger partial charge in [-0.3, -0.25) is 0 Å². The number of hydrogen-bond donors (Lipinski definition) is 1. The Morgan fingerprint density at radius 1 is 1.05 bits per heavy atom. The first-order chi connectivity index (χ1) is 9.69. The van der Waals surface area contributed by atoms with Crippen LogP contribution in [0, 0.1) is 11.8 Å². The number of likely N-dealkylation sites (tertiary alicyclic amines) is 1. The second-order valence-electron chi connectivity index (χ2n) is 7.58. The molecule has 0 bridgehead atoms. The van der Waals surface area contributed by atoms with Crippen LogP contribution in [0.15, 0.2) is 0 Å². The minimum absolute atomic E-state index is 0.403. The Balaban J connectivity index is 1.51. The number of hydrogen-bond acceptors (Lipinski definition) is 3. The summed E-state index contributed by atoms with van der Waals surface area (Å²) in [7, 11) is 0. The third-order valence-corrected chi connectivity index (χ3v) is 5.88. The minimum atomic E-state index is 0.403. The molecule has 0 aromatic carbocycles. The number of piperidine rings is 1. The van der Waals surface area contributed by atoms with Gasteiger partial charge in [-0.15, -0.1) is 0 Å². The van der Waals surface area contributed by atoms with Gasteiger partial charge in [0.15, 0.2) is 0 Å². The van der Waals surface area contributed by atoms with Gasteiger partial charge in [-0.1, -0.05) is 6.92 Å². The number of rotatable bonds is 4. The van der Waals surface area contributed by atoms with Crippen molar-refractivity contribution in [3.05, 3.63) is 0 Å². The summed E-state index contributed by atoms with van der Waals surface area (Å²) >= 11 is 0. The predicted molar refractivity (Wildman–Crippen MR) is 85.0 cm³/mol. The van der Waals surface area contributed by atoms with Gasteiger partial charge >= 0.3 is 0 Å². The first-order valence-electron chi connectivity index (χ1n) is 8.89. The Hall–Kier alpha value is -0.120. The highest BCUT2D eigenvalue weighted by Crippen LogP contribution is 2.40. The van der Waals surface area contributed by atoms with E-state index in [0.717, 1.165) is 11.8 Å². The maximum atomic E-state index is 3.85. The summed E-state index contributed by atoms with van der Waals surface area (Å²) in [5.41, 5.74) is 0.403. The zero-order chi connectivity index (χ0) is 14.0. The molecule has 2 aliphatic heterocycles. The van der Waals surface area contributed by atoms with Crippen LogP contribution in [-0.2, 0) is 0 Å². The molecule has 0 radical (unpaired) electrons. The lowest BCUT2D eigenvalue weighted by Crippen LogP contribution is -2.51. The summed E-state index contributed by atoms with van der Waals surface area (Å²) in [5.74, 6) is 1.89. The second kappa shape index (κ2) is 6.33. The molecule has 0 spiro atoms. The van der Waals surface area contributed by atoms with Crippen LogP contribution in [0.25, 0.3) is 0 Å². The van der Waals surface area contributed by atoms with E-state index >= 15 is 0 Å². The zero-order valence-electron chi connectivity index (χ0n) is 13.5. The quantitative estimate of drug-likeness (QED) is 0.851. The van der Waals surface area contributed by atoms with E-state index in [2.05, 4.69) is 29.0 Å². The largest absolute Gasteiger partial charge is 0.310 e. The molecule has 20 heavy (non-hydrogen) atoms. The van der Waals surface area contributed by atoms with Gasteiger partial charge in [0.2, 0.25) is 0 Å². The Morgan fingerprint density at radius 2 is 1.80 bits per heavy atom. The minimum Gasteiger partial charge on any atom is -0.310 e. The first kappa shape index (κ1) is 14.8. The van der Waals surface area contributed by atoms with Gasteiger partial charge in [0, 0.05) is 18.6 Å². The Morgan fingerprint density at radius 3 is 2.45 bits per heavy atom. The SMILES string of the molecule is CCN1CCC(CN2CCCNC(C)(C3CC3)C2)CC1. The van der Waals surface area contributed by atoms with E-state index in [4.69, 9.17) is 0 Å². The van der Waals surface area contributed by atoms with Gasteiger partial charge in [-0.2, -0.15) is 0 Å².